The fourth-order valence-corrected chi connectivity index (χ4v) is 2.57. The minimum atomic E-state index is -1.63. The molecule has 0 aliphatic carbocycles. The summed E-state index contributed by atoms with van der Waals surface area (Å²) in [5, 5.41) is 19.5. The van der Waals surface area contributed by atoms with Gasteiger partial charge in [-0.1, -0.05) is 25.1 Å². The van der Waals surface area contributed by atoms with Crippen LogP contribution in [0.3, 0.4) is 0 Å². The van der Waals surface area contributed by atoms with Crippen LogP contribution in [-0.2, 0) is 9.53 Å². The Kier molecular flexibility index (Phi) is 4.48. The van der Waals surface area contributed by atoms with Crippen molar-refractivity contribution in [3.63, 3.8) is 0 Å². The molecule has 1 atom stereocenters. The lowest BCUT2D eigenvalue weighted by Crippen LogP contribution is -2.35. The molecule has 0 radical (unpaired) electrons. The van der Waals surface area contributed by atoms with Gasteiger partial charge in [-0.2, -0.15) is 15.5 Å². The van der Waals surface area contributed by atoms with Crippen molar-refractivity contribution in [1.82, 2.24) is 0 Å². The summed E-state index contributed by atoms with van der Waals surface area (Å²) >= 11 is 0. The number of fused-ring (bicyclic) bond motifs is 3. The number of para-hydroxylation sites is 1. The lowest BCUT2D eigenvalue weighted by molar-refractivity contribution is -0.147. The number of azo groups is 1. The summed E-state index contributed by atoms with van der Waals surface area (Å²) in [5.74, 6) is -0.687. The Labute approximate surface area is 144 Å². The van der Waals surface area contributed by atoms with E-state index in [9.17, 15) is 10.1 Å². The zero-order valence-electron chi connectivity index (χ0n) is 14.0. The molecule has 1 heterocycles. The van der Waals surface area contributed by atoms with Crippen LogP contribution in [0.5, 0.6) is 0 Å². The van der Waals surface area contributed by atoms with Crippen LogP contribution in [0.2, 0.25) is 0 Å². The summed E-state index contributed by atoms with van der Waals surface area (Å²) in [6.07, 6.45) is 0.179. The third kappa shape index (κ3) is 2.96. The highest BCUT2D eigenvalue weighted by Crippen LogP contribution is 2.31. The topological polar surface area (TPSA) is 88.0 Å². The smallest absolute Gasteiger partial charge is 0.350 e. The van der Waals surface area contributed by atoms with Gasteiger partial charge in [0.25, 0.3) is 5.54 Å². The third-order valence-corrected chi connectivity index (χ3v) is 4.01. The molecule has 0 bridgehead atoms. The molecule has 1 unspecified atom stereocenters. The van der Waals surface area contributed by atoms with Crippen molar-refractivity contribution < 1.29 is 13.9 Å². The van der Waals surface area contributed by atoms with Crippen molar-refractivity contribution in [1.29, 1.82) is 5.26 Å². The Morgan fingerprint density at radius 3 is 2.68 bits per heavy atom. The maximum atomic E-state index is 12.1. The van der Waals surface area contributed by atoms with Crippen molar-refractivity contribution in [3.05, 3.63) is 42.5 Å². The van der Waals surface area contributed by atoms with E-state index in [1.54, 1.807) is 26.0 Å². The molecule has 0 fully saturated rings. The number of furan rings is 1. The fraction of sp³-hybridized carbons (Fsp3) is 0.263. The van der Waals surface area contributed by atoms with Crippen molar-refractivity contribution in [3.8, 4) is 6.07 Å². The summed E-state index contributed by atoms with van der Waals surface area (Å²) in [5.41, 5.74) is 0.341. The van der Waals surface area contributed by atoms with Crippen LogP contribution in [-0.4, -0.2) is 18.1 Å². The van der Waals surface area contributed by atoms with Crippen LogP contribution in [0.15, 0.2) is 57.1 Å². The van der Waals surface area contributed by atoms with E-state index >= 15 is 0 Å². The second kappa shape index (κ2) is 6.73. The monoisotopic (exact) mass is 335 g/mol. The number of benzene rings is 2. The lowest BCUT2D eigenvalue weighted by atomic mass is 10.00. The summed E-state index contributed by atoms with van der Waals surface area (Å²) in [7, 11) is 0. The number of hydrogen-bond donors (Lipinski definition) is 0. The summed E-state index contributed by atoms with van der Waals surface area (Å²) < 4.78 is 10.8. The summed E-state index contributed by atoms with van der Waals surface area (Å²) in [4.78, 5) is 12.1. The largest absolute Gasteiger partial charge is 0.463 e. The molecule has 0 saturated heterocycles. The van der Waals surface area contributed by atoms with Crippen molar-refractivity contribution >= 4 is 33.6 Å². The zero-order chi connectivity index (χ0) is 17.9. The SMILES string of the molecule is CCOC(=O)C(C#N)(CC)N=Nc1ccc2c(c1)oc1ccccc12. The highest BCUT2D eigenvalue weighted by molar-refractivity contribution is 6.05. The third-order valence-electron chi connectivity index (χ3n) is 4.01. The van der Waals surface area contributed by atoms with Crippen LogP contribution in [0.25, 0.3) is 21.9 Å². The predicted molar refractivity (Wildman–Crippen MR) is 93.5 cm³/mol. The second-order valence-electron chi connectivity index (χ2n) is 5.52. The Hall–Kier alpha value is -3.20. The molecule has 3 rings (SSSR count). The standard InChI is InChI=1S/C19H17N3O3/c1-3-19(12-20,18(23)24-4-2)22-21-13-9-10-15-14-7-5-6-8-16(14)25-17(15)11-13/h5-11H,3-4H2,1-2H3. The zero-order valence-corrected chi connectivity index (χ0v) is 14.0. The molecular formula is C19H17N3O3. The molecule has 0 N–H and O–H groups in total. The average molecular weight is 335 g/mol. The number of nitriles is 1. The maximum absolute atomic E-state index is 12.1. The molecule has 0 amide bonds. The number of hydrogen-bond acceptors (Lipinski definition) is 6. The first kappa shape index (κ1) is 16.7. The lowest BCUT2D eigenvalue weighted by Gasteiger charge is -2.16. The highest BCUT2D eigenvalue weighted by Gasteiger charge is 2.39. The number of rotatable bonds is 5. The normalized spacial score (nSPS) is 13.8. The first-order valence-corrected chi connectivity index (χ1v) is 8.06. The van der Waals surface area contributed by atoms with Gasteiger partial charge in [0.15, 0.2) is 0 Å². The number of carbonyl (C=O) groups excluding carboxylic acids is 1. The van der Waals surface area contributed by atoms with Gasteiger partial charge in [0.2, 0.25) is 0 Å². The molecular weight excluding hydrogens is 318 g/mol. The Bertz CT molecular complexity index is 1000. The van der Waals surface area contributed by atoms with E-state index in [1.807, 2.05) is 36.4 Å². The molecule has 0 saturated carbocycles. The van der Waals surface area contributed by atoms with Gasteiger partial charge in [-0.25, -0.2) is 4.79 Å². The van der Waals surface area contributed by atoms with Gasteiger partial charge in [0.05, 0.1) is 12.3 Å². The first-order chi connectivity index (χ1) is 12.1. The van der Waals surface area contributed by atoms with Gasteiger partial charge in [-0.15, -0.1) is 0 Å². The molecule has 6 nitrogen and oxygen atoms in total. The molecule has 2 aromatic carbocycles. The van der Waals surface area contributed by atoms with E-state index in [1.165, 1.54) is 0 Å². The van der Waals surface area contributed by atoms with Crippen LogP contribution in [0.4, 0.5) is 5.69 Å². The number of carbonyl (C=O) groups is 1. The van der Waals surface area contributed by atoms with Gasteiger partial charge in [-0.05, 0) is 31.5 Å². The van der Waals surface area contributed by atoms with Crippen LogP contribution in [0.1, 0.15) is 20.3 Å². The Morgan fingerprint density at radius 2 is 1.96 bits per heavy atom. The first-order valence-electron chi connectivity index (χ1n) is 8.06. The van der Waals surface area contributed by atoms with Gasteiger partial charge < -0.3 is 9.15 Å². The van der Waals surface area contributed by atoms with E-state index in [4.69, 9.17) is 9.15 Å². The fourth-order valence-electron chi connectivity index (χ4n) is 2.57. The number of ether oxygens (including phenoxy) is 1. The van der Waals surface area contributed by atoms with E-state index in [-0.39, 0.29) is 13.0 Å². The van der Waals surface area contributed by atoms with Gasteiger partial charge in [0.1, 0.15) is 17.2 Å². The Morgan fingerprint density at radius 1 is 1.20 bits per heavy atom. The Balaban J connectivity index is 1.98. The molecule has 6 heteroatoms. The average Bonchev–Trinajstić information content (AvgIpc) is 3.01. The van der Waals surface area contributed by atoms with E-state index in [2.05, 4.69) is 10.2 Å². The molecule has 0 aliphatic rings. The maximum Gasteiger partial charge on any atom is 0.350 e. The van der Waals surface area contributed by atoms with Crippen LogP contribution < -0.4 is 0 Å². The number of nitrogens with zero attached hydrogens (tertiary/aromatic N) is 3. The highest BCUT2D eigenvalue weighted by atomic mass is 16.5. The summed E-state index contributed by atoms with van der Waals surface area (Å²) in [6, 6.07) is 15.1. The van der Waals surface area contributed by atoms with E-state index in [0.717, 1.165) is 16.4 Å². The molecule has 3 aromatic rings. The van der Waals surface area contributed by atoms with E-state index in [0.29, 0.717) is 11.3 Å². The van der Waals surface area contributed by atoms with E-state index < -0.39 is 11.5 Å². The van der Waals surface area contributed by atoms with Gasteiger partial charge >= 0.3 is 5.97 Å². The van der Waals surface area contributed by atoms with Gasteiger partial charge in [-0.3, -0.25) is 0 Å². The second-order valence-corrected chi connectivity index (χ2v) is 5.52. The molecule has 0 aliphatic heterocycles. The van der Waals surface area contributed by atoms with Crippen molar-refractivity contribution in [2.24, 2.45) is 10.2 Å². The number of esters is 1. The summed E-state index contributed by atoms with van der Waals surface area (Å²) in [6.45, 7) is 3.56. The quantitative estimate of drug-likeness (QED) is 0.490. The predicted octanol–water partition coefficient (Wildman–Crippen LogP) is 4.91. The van der Waals surface area contributed by atoms with Crippen LogP contribution >= 0.6 is 0 Å². The minimum Gasteiger partial charge on any atom is -0.463 e. The minimum absolute atomic E-state index is 0.179. The molecule has 25 heavy (non-hydrogen) atoms. The van der Waals surface area contributed by atoms with Gasteiger partial charge in [0, 0.05) is 16.8 Å². The van der Waals surface area contributed by atoms with Crippen LogP contribution in [0, 0.1) is 11.3 Å². The molecule has 126 valence electrons. The molecule has 1 aromatic heterocycles. The van der Waals surface area contributed by atoms with Crippen molar-refractivity contribution in [2.75, 3.05) is 6.61 Å². The molecule has 0 spiro atoms. The van der Waals surface area contributed by atoms with Crippen molar-refractivity contribution in [2.45, 2.75) is 25.8 Å².